The Kier molecular flexibility index (Phi) is 5.57. The predicted molar refractivity (Wildman–Crippen MR) is 108 cm³/mol. The minimum absolute atomic E-state index is 0.440. The summed E-state index contributed by atoms with van der Waals surface area (Å²) in [5.41, 5.74) is 4.20. The molecule has 3 rings (SSSR count). The van der Waals surface area contributed by atoms with Crippen molar-refractivity contribution in [2.75, 3.05) is 12.4 Å². The predicted octanol–water partition coefficient (Wildman–Crippen LogP) is 5.76. The molecule has 6 heteroatoms. The van der Waals surface area contributed by atoms with Crippen molar-refractivity contribution in [2.24, 2.45) is 0 Å². The van der Waals surface area contributed by atoms with E-state index in [4.69, 9.17) is 16.3 Å². The van der Waals surface area contributed by atoms with Crippen LogP contribution in [0.5, 0.6) is 5.75 Å². The van der Waals surface area contributed by atoms with Crippen LogP contribution < -0.4 is 10.1 Å². The maximum atomic E-state index is 9.51. The number of halogens is 1. The largest absolute Gasteiger partial charge is 0.495 e. The summed E-state index contributed by atoms with van der Waals surface area (Å²) in [5.74, 6) is 0.641. The Morgan fingerprint density at radius 1 is 1.27 bits per heavy atom. The van der Waals surface area contributed by atoms with Crippen molar-refractivity contribution in [3.05, 3.63) is 69.6 Å². The fourth-order valence-electron chi connectivity index (χ4n) is 2.34. The number of methoxy groups -OCH3 is 1. The molecular formula is C20H16ClN3OS. The lowest BCUT2D eigenvalue weighted by atomic mass is 10.1. The number of aryl methyl sites for hydroxylation is 1. The summed E-state index contributed by atoms with van der Waals surface area (Å²) in [6, 6.07) is 15.6. The molecule has 3 aromatic rings. The molecule has 0 atom stereocenters. The molecule has 0 spiro atoms. The molecule has 26 heavy (non-hydrogen) atoms. The van der Waals surface area contributed by atoms with Crippen LogP contribution in [0.15, 0.2) is 54.0 Å². The van der Waals surface area contributed by atoms with Crippen LogP contribution in [0.1, 0.15) is 10.6 Å². The lowest BCUT2D eigenvalue weighted by Crippen LogP contribution is -1.95. The summed E-state index contributed by atoms with van der Waals surface area (Å²) in [4.78, 5) is 4.58. The Morgan fingerprint density at radius 2 is 2.04 bits per heavy atom. The van der Waals surface area contributed by atoms with Gasteiger partial charge in [0, 0.05) is 22.2 Å². The molecule has 0 bridgehead atoms. The SMILES string of the molecule is COc1ccc(Cl)cc1NC=C(C#N)c1nc(-c2ccc(C)cc2)cs1. The van der Waals surface area contributed by atoms with Gasteiger partial charge in [0.2, 0.25) is 0 Å². The van der Waals surface area contributed by atoms with Gasteiger partial charge in [0.15, 0.2) is 0 Å². The molecule has 0 saturated heterocycles. The minimum Gasteiger partial charge on any atom is -0.495 e. The van der Waals surface area contributed by atoms with E-state index in [1.165, 1.54) is 16.9 Å². The lowest BCUT2D eigenvalue weighted by molar-refractivity contribution is 0.417. The zero-order valence-corrected chi connectivity index (χ0v) is 15.9. The van der Waals surface area contributed by atoms with E-state index < -0.39 is 0 Å². The van der Waals surface area contributed by atoms with Crippen molar-refractivity contribution >= 4 is 34.2 Å². The van der Waals surface area contributed by atoms with Gasteiger partial charge >= 0.3 is 0 Å². The van der Waals surface area contributed by atoms with E-state index in [1.54, 1.807) is 31.5 Å². The van der Waals surface area contributed by atoms with Gasteiger partial charge in [0.1, 0.15) is 22.4 Å². The first kappa shape index (κ1) is 18.0. The summed E-state index contributed by atoms with van der Waals surface area (Å²) < 4.78 is 5.30. The molecule has 0 fully saturated rings. The molecule has 0 unspecified atom stereocenters. The summed E-state index contributed by atoms with van der Waals surface area (Å²) in [5, 5.41) is 15.8. The van der Waals surface area contributed by atoms with Gasteiger partial charge in [-0.15, -0.1) is 11.3 Å². The van der Waals surface area contributed by atoms with Crippen LogP contribution in [0.25, 0.3) is 16.8 Å². The van der Waals surface area contributed by atoms with Gasteiger partial charge in [0.25, 0.3) is 0 Å². The second-order valence-electron chi connectivity index (χ2n) is 5.56. The second kappa shape index (κ2) is 8.05. The number of aromatic nitrogens is 1. The van der Waals surface area contributed by atoms with Crippen molar-refractivity contribution < 1.29 is 4.74 Å². The number of ether oxygens (including phenoxy) is 1. The van der Waals surface area contributed by atoms with Crippen molar-refractivity contribution in [3.63, 3.8) is 0 Å². The van der Waals surface area contributed by atoms with Crippen LogP contribution in [0.2, 0.25) is 5.02 Å². The maximum absolute atomic E-state index is 9.51. The molecule has 1 aromatic heterocycles. The molecule has 0 radical (unpaired) electrons. The van der Waals surface area contributed by atoms with Gasteiger partial charge in [-0.3, -0.25) is 0 Å². The summed E-state index contributed by atoms with van der Waals surface area (Å²) >= 11 is 7.46. The number of nitrogens with one attached hydrogen (secondary N) is 1. The molecule has 4 nitrogen and oxygen atoms in total. The number of rotatable bonds is 5. The summed E-state index contributed by atoms with van der Waals surface area (Å²) in [7, 11) is 1.58. The van der Waals surface area contributed by atoms with E-state index in [9.17, 15) is 5.26 Å². The molecular weight excluding hydrogens is 366 g/mol. The van der Waals surface area contributed by atoms with Gasteiger partial charge < -0.3 is 10.1 Å². The van der Waals surface area contributed by atoms with E-state index in [2.05, 4.69) is 16.4 Å². The van der Waals surface area contributed by atoms with Gasteiger partial charge in [0.05, 0.1) is 18.5 Å². The number of allylic oxidation sites excluding steroid dienone is 1. The lowest BCUT2D eigenvalue weighted by Gasteiger charge is -2.08. The van der Waals surface area contributed by atoms with Crippen LogP contribution in [-0.4, -0.2) is 12.1 Å². The zero-order chi connectivity index (χ0) is 18.5. The molecule has 2 aromatic carbocycles. The van der Waals surface area contributed by atoms with Crippen LogP contribution in [0.3, 0.4) is 0 Å². The van der Waals surface area contributed by atoms with Gasteiger partial charge in [-0.25, -0.2) is 4.98 Å². The average Bonchev–Trinajstić information content (AvgIpc) is 3.13. The van der Waals surface area contributed by atoms with Gasteiger partial charge in [-0.05, 0) is 25.1 Å². The molecule has 130 valence electrons. The second-order valence-corrected chi connectivity index (χ2v) is 6.86. The third kappa shape index (κ3) is 4.05. The highest BCUT2D eigenvalue weighted by atomic mass is 35.5. The summed E-state index contributed by atoms with van der Waals surface area (Å²) in [6.07, 6.45) is 1.62. The van der Waals surface area contributed by atoms with Crippen molar-refractivity contribution in [3.8, 4) is 23.1 Å². The molecule has 0 aliphatic rings. The number of hydrogen-bond acceptors (Lipinski definition) is 5. The first-order valence-corrected chi connectivity index (χ1v) is 9.10. The molecule has 1 heterocycles. The third-order valence-electron chi connectivity index (χ3n) is 3.74. The summed E-state index contributed by atoms with van der Waals surface area (Å²) in [6.45, 7) is 2.04. The zero-order valence-electron chi connectivity index (χ0n) is 14.3. The highest BCUT2D eigenvalue weighted by molar-refractivity contribution is 7.11. The minimum atomic E-state index is 0.440. The van der Waals surface area contributed by atoms with Crippen molar-refractivity contribution in [1.82, 2.24) is 4.98 Å². The number of anilines is 1. The molecule has 0 aliphatic carbocycles. The highest BCUT2D eigenvalue weighted by Crippen LogP contribution is 2.29. The number of benzene rings is 2. The van der Waals surface area contributed by atoms with Crippen molar-refractivity contribution in [1.29, 1.82) is 5.26 Å². The fourth-order valence-corrected chi connectivity index (χ4v) is 3.31. The first-order valence-electron chi connectivity index (χ1n) is 7.84. The Morgan fingerprint density at radius 3 is 2.73 bits per heavy atom. The Balaban J connectivity index is 1.86. The molecule has 0 aliphatic heterocycles. The normalized spacial score (nSPS) is 11.1. The quantitative estimate of drug-likeness (QED) is 0.571. The van der Waals surface area contributed by atoms with Crippen LogP contribution in [-0.2, 0) is 0 Å². The smallest absolute Gasteiger partial charge is 0.142 e. The van der Waals surface area contributed by atoms with E-state index in [-0.39, 0.29) is 0 Å². The van der Waals surface area contributed by atoms with E-state index in [1.807, 2.05) is 36.6 Å². The third-order valence-corrected chi connectivity index (χ3v) is 4.85. The Labute approximate surface area is 161 Å². The molecule has 0 amide bonds. The first-order chi connectivity index (χ1) is 12.6. The topological polar surface area (TPSA) is 57.9 Å². The van der Waals surface area contributed by atoms with Crippen molar-refractivity contribution in [2.45, 2.75) is 6.92 Å². The number of nitriles is 1. The average molecular weight is 382 g/mol. The molecule has 1 N–H and O–H groups in total. The monoisotopic (exact) mass is 381 g/mol. The van der Waals surface area contributed by atoms with Gasteiger partial charge in [-0.1, -0.05) is 41.4 Å². The van der Waals surface area contributed by atoms with Gasteiger partial charge in [-0.2, -0.15) is 5.26 Å². The standard InChI is InChI=1S/C20H16ClN3OS/c1-13-3-5-14(6-4-13)18-12-26-20(24-18)15(10-22)11-23-17-9-16(21)7-8-19(17)25-2/h3-9,11-12,23H,1-2H3. The number of thiazole rings is 1. The maximum Gasteiger partial charge on any atom is 0.142 e. The Hall–Kier alpha value is -2.81. The number of nitrogens with zero attached hydrogens (tertiary/aromatic N) is 2. The van der Waals surface area contributed by atoms with Crippen LogP contribution in [0.4, 0.5) is 5.69 Å². The van der Waals surface area contributed by atoms with Crippen LogP contribution >= 0.6 is 22.9 Å². The van der Waals surface area contributed by atoms with E-state index >= 15 is 0 Å². The Bertz CT molecular complexity index is 987. The molecule has 0 saturated carbocycles. The van der Waals surface area contributed by atoms with E-state index in [0.717, 1.165) is 11.3 Å². The number of hydrogen-bond donors (Lipinski definition) is 1. The highest BCUT2D eigenvalue weighted by Gasteiger charge is 2.10. The van der Waals surface area contributed by atoms with Crippen LogP contribution in [0, 0.1) is 18.3 Å². The van der Waals surface area contributed by atoms with E-state index in [0.29, 0.717) is 27.0 Å². The fraction of sp³-hybridized carbons (Fsp3) is 0.100.